The second kappa shape index (κ2) is 23.8. The van der Waals surface area contributed by atoms with Crippen LogP contribution in [0.2, 0.25) is 0 Å². The number of ether oxygens (including phenoxy) is 7. The maximum Gasteiger partial charge on any atom is 0.411 e. The molecule has 292 valence electrons. The van der Waals surface area contributed by atoms with E-state index < -0.39 is 86.4 Å². The van der Waals surface area contributed by atoms with Crippen LogP contribution in [0.5, 0.6) is 0 Å². The third kappa shape index (κ3) is 17.9. The van der Waals surface area contributed by atoms with E-state index >= 15 is 0 Å². The van der Waals surface area contributed by atoms with Crippen molar-refractivity contribution in [2.45, 2.75) is 26.2 Å². The number of nitrogens with one attached hydrogen (secondary N) is 2. The average Bonchev–Trinajstić information content (AvgIpc) is 3.15. The molecule has 0 radical (unpaired) electrons. The number of aliphatic hydroxyl groups excluding tert-OH is 1. The summed E-state index contributed by atoms with van der Waals surface area (Å²) in [6, 6.07) is 4.25. The molecular formula is C35H44F2N2O14. The van der Waals surface area contributed by atoms with Crippen LogP contribution >= 0.6 is 0 Å². The van der Waals surface area contributed by atoms with Gasteiger partial charge in [-0.2, -0.15) is 0 Å². The lowest BCUT2D eigenvalue weighted by molar-refractivity contribution is -0.160. The first kappa shape index (κ1) is 45.4. The molecule has 0 bridgehead atoms. The largest absolute Gasteiger partial charge is 0.462 e. The van der Waals surface area contributed by atoms with Crippen LogP contribution in [0.15, 0.2) is 68.8 Å². The molecule has 53 heavy (non-hydrogen) atoms. The van der Waals surface area contributed by atoms with Gasteiger partial charge in [-0.3, -0.25) is 10.6 Å². The Kier molecular flexibility index (Phi) is 20.4. The highest BCUT2D eigenvalue weighted by Gasteiger charge is 2.39. The van der Waals surface area contributed by atoms with Gasteiger partial charge in [0.1, 0.15) is 33.0 Å². The quantitative estimate of drug-likeness (QED) is 0.0731. The fourth-order valence-electron chi connectivity index (χ4n) is 4.15. The molecule has 0 aliphatic heterocycles. The van der Waals surface area contributed by atoms with Crippen LogP contribution < -0.4 is 10.6 Å². The van der Waals surface area contributed by atoms with Crippen LogP contribution in [0.25, 0.3) is 0 Å². The van der Waals surface area contributed by atoms with Crippen LogP contribution in [-0.2, 0) is 52.3 Å². The van der Waals surface area contributed by atoms with Gasteiger partial charge in [-0.1, -0.05) is 32.4 Å². The van der Waals surface area contributed by atoms with E-state index in [1.807, 2.05) is 0 Å². The van der Waals surface area contributed by atoms with Gasteiger partial charge < -0.3 is 38.3 Å². The molecule has 2 amide bonds. The van der Waals surface area contributed by atoms with Gasteiger partial charge in [-0.05, 0) is 37.5 Å². The number of aryl methyl sites for hydroxylation is 1. The number of aliphatic hydroxyl groups is 1. The summed E-state index contributed by atoms with van der Waals surface area (Å²) in [5, 5.41) is 14.3. The van der Waals surface area contributed by atoms with Gasteiger partial charge in [0, 0.05) is 42.3 Å². The zero-order valence-electron chi connectivity index (χ0n) is 29.2. The lowest BCUT2D eigenvalue weighted by atomic mass is 9.85. The van der Waals surface area contributed by atoms with Gasteiger partial charge in [0.25, 0.3) is 6.43 Å². The molecule has 16 nitrogen and oxygen atoms in total. The van der Waals surface area contributed by atoms with Gasteiger partial charge in [-0.15, -0.1) is 0 Å². The predicted molar refractivity (Wildman–Crippen MR) is 184 cm³/mol. The fourth-order valence-corrected chi connectivity index (χ4v) is 4.15. The molecule has 0 saturated heterocycles. The summed E-state index contributed by atoms with van der Waals surface area (Å²) >= 11 is 0. The number of carbonyl (C=O) groups is 6. The lowest BCUT2D eigenvalue weighted by Gasteiger charge is -2.35. The zero-order valence-corrected chi connectivity index (χ0v) is 29.2. The normalized spacial score (nSPS) is 11.0. The number of hydrogen-bond donors (Lipinski definition) is 3. The minimum absolute atomic E-state index is 0.0968. The molecule has 0 saturated carbocycles. The zero-order chi connectivity index (χ0) is 39.9. The molecule has 0 atom stereocenters. The van der Waals surface area contributed by atoms with Crippen LogP contribution in [0.3, 0.4) is 0 Å². The number of carbonyl (C=O) groups excluding carboxylic acids is 6. The van der Waals surface area contributed by atoms with E-state index in [1.165, 1.54) is 18.2 Å². The maximum atomic E-state index is 13.0. The Hall–Kier alpha value is -5.62. The van der Waals surface area contributed by atoms with Gasteiger partial charge in [0.05, 0.1) is 24.0 Å². The van der Waals surface area contributed by atoms with E-state index in [0.717, 1.165) is 24.3 Å². The molecule has 0 unspecified atom stereocenters. The van der Waals surface area contributed by atoms with Crippen LogP contribution in [0, 0.1) is 17.8 Å². The number of amides is 2. The predicted octanol–water partition coefficient (Wildman–Crippen LogP) is 4.04. The molecule has 3 N–H and O–H groups in total. The highest BCUT2D eigenvalue weighted by atomic mass is 19.3. The Balaban J connectivity index is 3.36. The lowest BCUT2D eigenvalue weighted by Crippen LogP contribution is -2.45. The number of anilines is 2. The highest BCUT2D eigenvalue weighted by Crippen LogP contribution is 2.29. The Morgan fingerprint density at radius 2 is 1.15 bits per heavy atom. The summed E-state index contributed by atoms with van der Waals surface area (Å²) in [5.41, 5.74) is -2.14. The van der Waals surface area contributed by atoms with Crippen LogP contribution in [0.1, 0.15) is 18.4 Å². The first-order valence-electron chi connectivity index (χ1n) is 15.8. The third-order valence-corrected chi connectivity index (χ3v) is 7.00. The second-order valence-corrected chi connectivity index (χ2v) is 11.4. The summed E-state index contributed by atoms with van der Waals surface area (Å²) in [7, 11) is 0. The minimum Gasteiger partial charge on any atom is -0.462 e. The van der Waals surface area contributed by atoms with Crippen molar-refractivity contribution in [3.05, 3.63) is 74.4 Å². The van der Waals surface area contributed by atoms with Gasteiger partial charge in [-0.25, -0.2) is 37.5 Å². The molecule has 1 rings (SSSR count). The van der Waals surface area contributed by atoms with E-state index in [2.05, 4.69) is 41.7 Å². The summed E-state index contributed by atoms with van der Waals surface area (Å²) < 4.78 is 61.7. The van der Waals surface area contributed by atoms with Crippen molar-refractivity contribution in [1.29, 1.82) is 0 Å². The van der Waals surface area contributed by atoms with Crippen LogP contribution in [-0.4, -0.2) is 107 Å². The van der Waals surface area contributed by atoms with Crippen molar-refractivity contribution in [2.75, 3.05) is 70.1 Å². The van der Waals surface area contributed by atoms with Crippen molar-refractivity contribution in [2.24, 2.45) is 10.8 Å². The molecule has 0 heterocycles. The Morgan fingerprint density at radius 3 is 1.62 bits per heavy atom. The molecular weight excluding hydrogens is 710 g/mol. The molecule has 1 aromatic carbocycles. The van der Waals surface area contributed by atoms with Gasteiger partial charge >= 0.3 is 36.1 Å². The standard InChI is InChI=1S/C35H44F2N2O14/c1-6-28(41)49-19-34(13-10-14-40,20-50-29(42)7-2)17-47-18-35(21-51-30(43)8-3,22-52-31(44)9-4)23-53-32(45)38-25-12-11-24(5)26(15-25)39-33(46)48-16-27(36)37/h6-9,11-12,15,27,40H,1-4,10,13-14,16-23H2,5H3,(H,38,45)(H,39,46). The van der Waals surface area contributed by atoms with Gasteiger partial charge in [0.2, 0.25) is 0 Å². The SMILES string of the molecule is C=CC(=O)OCC(CCCO)(COCC(COC(=O)C=C)(COC(=O)C=C)COC(=O)Nc1ccc(C)c(NC(=O)OCC(F)F)c1)COC(=O)C=C. The first-order valence-corrected chi connectivity index (χ1v) is 15.8. The van der Waals surface area contributed by atoms with Crippen molar-refractivity contribution in [3.63, 3.8) is 0 Å². The number of esters is 4. The smallest absolute Gasteiger partial charge is 0.411 e. The second-order valence-electron chi connectivity index (χ2n) is 11.4. The fraction of sp³-hybridized carbons (Fsp3) is 0.429. The molecule has 0 aromatic heterocycles. The Morgan fingerprint density at radius 1 is 0.698 bits per heavy atom. The van der Waals surface area contributed by atoms with E-state index in [1.54, 1.807) is 6.92 Å². The van der Waals surface area contributed by atoms with Crippen molar-refractivity contribution < 1.29 is 75.8 Å². The van der Waals surface area contributed by atoms with E-state index in [-0.39, 0.29) is 50.6 Å². The Labute approximate surface area is 304 Å². The van der Waals surface area contributed by atoms with Crippen molar-refractivity contribution in [1.82, 2.24) is 0 Å². The molecule has 0 aliphatic carbocycles. The molecule has 18 heteroatoms. The topological polar surface area (TPSA) is 211 Å². The van der Waals surface area contributed by atoms with E-state index in [0.29, 0.717) is 5.56 Å². The number of benzene rings is 1. The molecule has 0 spiro atoms. The maximum absolute atomic E-state index is 13.0. The number of alkyl halides is 2. The molecule has 0 aliphatic rings. The summed E-state index contributed by atoms with van der Waals surface area (Å²) in [5.74, 6) is -3.35. The van der Waals surface area contributed by atoms with Gasteiger partial charge in [0.15, 0.2) is 6.61 Å². The summed E-state index contributed by atoms with van der Waals surface area (Å²) in [6.07, 6.45) is -1.26. The van der Waals surface area contributed by atoms with E-state index in [9.17, 15) is 42.7 Å². The van der Waals surface area contributed by atoms with Crippen molar-refractivity contribution >= 4 is 47.4 Å². The molecule has 0 fully saturated rings. The highest BCUT2D eigenvalue weighted by molar-refractivity contribution is 5.89. The number of rotatable bonds is 25. The summed E-state index contributed by atoms with van der Waals surface area (Å²) in [4.78, 5) is 73.0. The monoisotopic (exact) mass is 754 g/mol. The Bertz CT molecular complexity index is 1420. The minimum atomic E-state index is -2.87. The first-order chi connectivity index (χ1) is 25.2. The summed E-state index contributed by atoms with van der Waals surface area (Å²) in [6.45, 7) is 10.3. The number of halogens is 2. The number of hydrogen-bond acceptors (Lipinski definition) is 14. The third-order valence-electron chi connectivity index (χ3n) is 7.00. The average molecular weight is 755 g/mol. The van der Waals surface area contributed by atoms with E-state index in [4.69, 9.17) is 28.4 Å². The van der Waals surface area contributed by atoms with Crippen molar-refractivity contribution in [3.8, 4) is 0 Å². The molecule has 1 aromatic rings. The van der Waals surface area contributed by atoms with Crippen LogP contribution in [0.4, 0.5) is 29.7 Å².